The van der Waals surface area contributed by atoms with Gasteiger partial charge in [0.15, 0.2) is 17.9 Å². The summed E-state index contributed by atoms with van der Waals surface area (Å²) >= 11 is 0. The quantitative estimate of drug-likeness (QED) is 0.326. The molecule has 9 nitrogen and oxygen atoms in total. The molecule has 0 fully saturated rings. The first-order valence-corrected chi connectivity index (χ1v) is 12.7. The Hall–Kier alpha value is -3.60. The molecule has 10 heteroatoms. The standard InChI is InChI=1S/C27H24N3O2.ClHO4/c1-31-25-20(11-7-14-28-25)27(21-12-8-15-29-26(21)32-2)17-23-18-9-3-4-10-19(18)24(27)22-13-5-6-16-30(22)23;2-1(3,4)5/h3-16,23-24H,17H2,1-2H3;(H,2,3,4,5)/q+1;/p-1. The molecular formula is C27H24ClN3O6. The minimum absolute atomic E-state index is 0.0566. The molecule has 37 heavy (non-hydrogen) atoms. The molecule has 2 bridgehead atoms. The molecule has 2 atom stereocenters. The third kappa shape index (κ3) is 4.30. The molecule has 5 heterocycles. The fourth-order valence-corrected chi connectivity index (χ4v) is 6.00. The van der Waals surface area contributed by atoms with Crippen LogP contribution >= 0.6 is 0 Å². The number of methoxy groups -OCH3 is 2. The molecule has 2 unspecified atom stereocenters. The van der Waals surface area contributed by atoms with Gasteiger partial charge in [0.1, 0.15) is 0 Å². The van der Waals surface area contributed by atoms with Crippen molar-refractivity contribution in [2.24, 2.45) is 0 Å². The lowest BCUT2D eigenvalue weighted by Gasteiger charge is -2.49. The number of pyridine rings is 3. The molecule has 0 amide bonds. The van der Waals surface area contributed by atoms with Crippen LogP contribution in [-0.2, 0) is 5.41 Å². The van der Waals surface area contributed by atoms with Crippen LogP contribution in [0, 0.1) is 10.2 Å². The predicted octanol–water partition coefficient (Wildman–Crippen LogP) is -0.550. The van der Waals surface area contributed by atoms with Crippen LogP contribution in [0.2, 0.25) is 0 Å². The Kier molecular flexibility index (Phi) is 6.57. The van der Waals surface area contributed by atoms with Gasteiger partial charge in [-0.25, -0.2) is 28.6 Å². The average molecular weight is 522 g/mol. The van der Waals surface area contributed by atoms with Crippen molar-refractivity contribution in [3.05, 3.63) is 113 Å². The van der Waals surface area contributed by atoms with Crippen molar-refractivity contribution in [3.63, 3.8) is 0 Å². The van der Waals surface area contributed by atoms with Crippen molar-refractivity contribution in [2.75, 3.05) is 14.2 Å². The Morgan fingerprint density at radius 1 is 0.784 bits per heavy atom. The van der Waals surface area contributed by atoms with Crippen molar-refractivity contribution in [3.8, 4) is 11.8 Å². The molecule has 190 valence electrons. The van der Waals surface area contributed by atoms with Crippen LogP contribution in [-0.4, -0.2) is 24.2 Å². The summed E-state index contributed by atoms with van der Waals surface area (Å²) in [6.07, 6.45) is 6.64. The second-order valence-corrected chi connectivity index (χ2v) is 9.54. The van der Waals surface area contributed by atoms with Gasteiger partial charge in [-0.2, -0.15) is 4.57 Å². The number of hydrogen-bond donors (Lipinski definition) is 0. The molecule has 4 aromatic rings. The van der Waals surface area contributed by atoms with Crippen LogP contribution in [0.1, 0.15) is 46.3 Å². The predicted molar refractivity (Wildman–Crippen MR) is 120 cm³/mol. The summed E-state index contributed by atoms with van der Waals surface area (Å²) in [5.41, 5.74) is 5.68. The summed E-state index contributed by atoms with van der Waals surface area (Å²) in [7, 11) is -1.56. The van der Waals surface area contributed by atoms with Gasteiger partial charge in [0, 0.05) is 47.6 Å². The van der Waals surface area contributed by atoms with Crippen LogP contribution in [0.25, 0.3) is 0 Å². The van der Waals surface area contributed by atoms with E-state index in [0.717, 1.165) is 17.5 Å². The zero-order valence-electron chi connectivity index (χ0n) is 20.1. The van der Waals surface area contributed by atoms with E-state index in [4.69, 9.17) is 28.1 Å². The summed E-state index contributed by atoms with van der Waals surface area (Å²) in [6, 6.07) is 23.8. The van der Waals surface area contributed by atoms with Gasteiger partial charge in [-0.15, -0.1) is 10.2 Å². The van der Waals surface area contributed by atoms with Gasteiger partial charge in [0.05, 0.1) is 25.6 Å². The lowest BCUT2D eigenvalue weighted by atomic mass is 9.53. The van der Waals surface area contributed by atoms with Crippen LogP contribution in [0.15, 0.2) is 85.3 Å². The Morgan fingerprint density at radius 2 is 1.32 bits per heavy atom. The van der Waals surface area contributed by atoms with Gasteiger partial charge < -0.3 is 9.47 Å². The summed E-state index contributed by atoms with van der Waals surface area (Å²) in [5, 5.41) is 0. The fourth-order valence-electron chi connectivity index (χ4n) is 6.00. The van der Waals surface area contributed by atoms with Gasteiger partial charge in [-0.1, -0.05) is 42.5 Å². The maximum atomic E-state index is 8.49. The topological polar surface area (TPSA) is 140 Å². The van der Waals surface area contributed by atoms with E-state index in [1.54, 1.807) is 26.6 Å². The van der Waals surface area contributed by atoms with Crippen molar-refractivity contribution >= 4 is 0 Å². The Balaban J connectivity index is 0.000000514. The minimum Gasteiger partial charge on any atom is -0.481 e. The molecular weight excluding hydrogens is 498 g/mol. The monoisotopic (exact) mass is 521 g/mol. The maximum Gasteiger partial charge on any atom is 0.217 e. The smallest absolute Gasteiger partial charge is 0.217 e. The van der Waals surface area contributed by atoms with E-state index in [-0.39, 0.29) is 12.0 Å². The Labute approximate surface area is 216 Å². The molecule has 7 rings (SSSR count). The Morgan fingerprint density at radius 3 is 1.89 bits per heavy atom. The summed E-state index contributed by atoms with van der Waals surface area (Å²) in [6.45, 7) is 0. The highest BCUT2D eigenvalue weighted by Crippen LogP contribution is 2.61. The molecule has 3 aliphatic rings. The normalized spacial score (nSPS) is 18.6. The highest BCUT2D eigenvalue weighted by Gasteiger charge is 2.61. The maximum absolute atomic E-state index is 8.49. The first-order valence-electron chi connectivity index (χ1n) is 11.5. The zero-order chi connectivity index (χ0) is 26.2. The van der Waals surface area contributed by atoms with Gasteiger partial charge >= 0.3 is 0 Å². The number of nitrogens with zero attached hydrogens (tertiary/aromatic N) is 3. The van der Waals surface area contributed by atoms with Crippen LogP contribution in [0.3, 0.4) is 0 Å². The summed E-state index contributed by atoms with van der Waals surface area (Å²) in [5.74, 6) is 1.35. The molecule has 0 spiro atoms. The van der Waals surface area contributed by atoms with E-state index < -0.39 is 15.7 Å². The first-order chi connectivity index (χ1) is 17.8. The molecule has 3 aromatic heterocycles. The average Bonchev–Trinajstić information content (AvgIpc) is 2.92. The largest absolute Gasteiger partial charge is 0.481 e. The van der Waals surface area contributed by atoms with Crippen LogP contribution < -0.4 is 32.7 Å². The van der Waals surface area contributed by atoms with E-state index in [2.05, 4.69) is 75.3 Å². The summed E-state index contributed by atoms with van der Waals surface area (Å²) in [4.78, 5) is 9.21. The lowest BCUT2D eigenvalue weighted by Crippen LogP contribution is -2.68. The highest BCUT2D eigenvalue weighted by atomic mass is 35.7. The number of hydrogen-bond acceptors (Lipinski definition) is 8. The van der Waals surface area contributed by atoms with Crippen LogP contribution in [0.4, 0.5) is 0 Å². The van der Waals surface area contributed by atoms with Crippen molar-refractivity contribution in [1.29, 1.82) is 0 Å². The molecule has 0 radical (unpaired) electrons. The van der Waals surface area contributed by atoms with Gasteiger partial charge in [0.2, 0.25) is 11.8 Å². The number of halogens is 1. The number of benzene rings is 1. The number of rotatable bonds is 4. The van der Waals surface area contributed by atoms with E-state index >= 15 is 0 Å². The molecule has 0 N–H and O–H groups in total. The highest BCUT2D eigenvalue weighted by molar-refractivity contribution is 5.58. The fraction of sp³-hybridized carbons (Fsp3) is 0.222. The second kappa shape index (κ2) is 9.70. The molecule has 0 saturated heterocycles. The SMILES string of the molecule is COc1ncccc1C1(c2cccnc2OC)CC2c3ccccc3C1c1cccc[n+]12.[O-][Cl+3]([O-])([O-])[O-]. The molecule has 1 aliphatic carbocycles. The number of aromatic nitrogens is 3. The third-order valence-corrected chi connectivity index (χ3v) is 7.12. The number of ether oxygens (including phenoxy) is 2. The van der Waals surface area contributed by atoms with Crippen molar-refractivity contribution in [2.45, 2.75) is 23.8 Å². The van der Waals surface area contributed by atoms with Crippen molar-refractivity contribution in [1.82, 2.24) is 9.97 Å². The van der Waals surface area contributed by atoms with E-state index in [9.17, 15) is 0 Å². The third-order valence-electron chi connectivity index (χ3n) is 7.12. The second-order valence-electron chi connectivity index (χ2n) is 8.78. The van der Waals surface area contributed by atoms with E-state index in [1.165, 1.54) is 16.8 Å². The molecule has 1 aromatic carbocycles. The Bertz CT molecular complexity index is 1330. The van der Waals surface area contributed by atoms with E-state index in [0.29, 0.717) is 11.8 Å². The van der Waals surface area contributed by atoms with Crippen LogP contribution in [0.5, 0.6) is 11.8 Å². The lowest BCUT2D eigenvalue weighted by molar-refractivity contribution is -2.00. The van der Waals surface area contributed by atoms with Gasteiger partial charge in [-0.3, -0.25) is 0 Å². The van der Waals surface area contributed by atoms with Gasteiger partial charge in [-0.05, 0) is 17.7 Å². The number of fused-ring (bicyclic) bond motifs is 1. The van der Waals surface area contributed by atoms with E-state index in [1.807, 2.05) is 12.1 Å². The minimum atomic E-state index is -4.94. The molecule has 0 saturated carbocycles. The van der Waals surface area contributed by atoms with Gasteiger partial charge in [0.25, 0.3) is 0 Å². The summed E-state index contributed by atoms with van der Waals surface area (Å²) < 4.78 is 48.0. The van der Waals surface area contributed by atoms with Crippen molar-refractivity contribution < 1.29 is 42.9 Å². The zero-order valence-corrected chi connectivity index (χ0v) is 20.9. The first kappa shape index (κ1) is 25.1. The molecule has 2 aliphatic heterocycles.